The van der Waals surface area contributed by atoms with Crippen LogP contribution in [0, 0.1) is 6.92 Å². The Labute approximate surface area is 127 Å². The van der Waals surface area contributed by atoms with Crippen molar-refractivity contribution >= 4 is 11.7 Å². The molecule has 2 heterocycles. The second kappa shape index (κ2) is 7.41. The monoisotopic (exact) mass is 290 g/mol. The van der Waals surface area contributed by atoms with E-state index in [4.69, 9.17) is 0 Å². The summed E-state index contributed by atoms with van der Waals surface area (Å²) in [5.74, 6) is 0.746. The molecule has 1 amide bonds. The smallest absolute Gasteiger partial charge is 0.251 e. The number of hydrogen-bond acceptors (Lipinski definition) is 4. The van der Waals surface area contributed by atoms with Crippen LogP contribution in [0.25, 0.3) is 0 Å². The summed E-state index contributed by atoms with van der Waals surface area (Å²) in [5.41, 5.74) is 1.53. The molecule has 2 rings (SSSR count). The molecule has 5 nitrogen and oxygen atoms in total. The number of aromatic nitrogens is 1. The van der Waals surface area contributed by atoms with E-state index in [0.717, 1.165) is 31.0 Å². The predicted octanol–water partition coefficient (Wildman–Crippen LogP) is 2.04. The summed E-state index contributed by atoms with van der Waals surface area (Å²) >= 11 is 0. The lowest BCUT2D eigenvalue weighted by atomic mass is 10.0. The molecule has 0 aliphatic carbocycles. The van der Waals surface area contributed by atoms with Gasteiger partial charge in [0.15, 0.2) is 0 Å². The van der Waals surface area contributed by atoms with Gasteiger partial charge in [0.05, 0.1) is 0 Å². The number of rotatable bonds is 5. The van der Waals surface area contributed by atoms with E-state index in [-0.39, 0.29) is 5.91 Å². The third kappa shape index (κ3) is 4.43. The van der Waals surface area contributed by atoms with Gasteiger partial charge in [0.2, 0.25) is 0 Å². The van der Waals surface area contributed by atoms with Crippen molar-refractivity contribution in [1.82, 2.24) is 15.2 Å². The van der Waals surface area contributed by atoms with Crippen molar-refractivity contribution in [2.75, 3.05) is 32.0 Å². The Hall–Kier alpha value is -1.62. The molecule has 5 heteroatoms. The number of carbonyl (C=O) groups excluding carboxylic acids is 1. The summed E-state index contributed by atoms with van der Waals surface area (Å²) in [6.07, 6.45) is 3.68. The first-order valence-corrected chi connectivity index (χ1v) is 7.81. The highest BCUT2D eigenvalue weighted by Gasteiger charge is 2.19. The van der Waals surface area contributed by atoms with Gasteiger partial charge < -0.3 is 15.5 Å². The Bertz CT molecular complexity index is 489. The highest BCUT2D eigenvalue weighted by Crippen LogP contribution is 2.15. The number of nitrogens with zero attached hydrogens (tertiary/aromatic N) is 2. The first kappa shape index (κ1) is 15.8. The number of pyridine rings is 1. The van der Waals surface area contributed by atoms with E-state index in [0.29, 0.717) is 18.2 Å². The van der Waals surface area contributed by atoms with Crippen molar-refractivity contribution in [2.45, 2.75) is 39.2 Å². The summed E-state index contributed by atoms with van der Waals surface area (Å²) in [6, 6.07) is 4.11. The highest BCUT2D eigenvalue weighted by molar-refractivity contribution is 5.95. The van der Waals surface area contributed by atoms with Gasteiger partial charge >= 0.3 is 0 Å². The lowest BCUT2D eigenvalue weighted by Gasteiger charge is -2.32. The molecule has 0 bridgehead atoms. The molecule has 1 fully saturated rings. The van der Waals surface area contributed by atoms with Crippen molar-refractivity contribution in [3.63, 3.8) is 0 Å². The number of likely N-dealkylation sites (tertiary alicyclic amines) is 1. The zero-order chi connectivity index (χ0) is 15.2. The third-order valence-electron chi connectivity index (χ3n) is 3.99. The molecule has 1 atom stereocenters. The van der Waals surface area contributed by atoms with E-state index >= 15 is 0 Å². The van der Waals surface area contributed by atoms with E-state index in [9.17, 15) is 4.79 Å². The number of nitrogens with one attached hydrogen (secondary N) is 2. The summed E-state index contributed by atoms with van der Waals surface area (Å²) in [7, 11) is 2.13. The lowest BCUT2D eigenvalue weighted by molar-refractivity contribution is 0.0928. The average Bonchev–Trinajstić information content (AvgIpc) is 2.46. The van der Waals surface area contributed by atoms with Gasteiger partial charge in [0, 0.05) is 30.4 Å². The molecule has 1 aliphatic rings. The maximum atomic E-state index is 12.3. The Morgan fingerprint density at radius 3 is 2.95 bits per heavy atom. The van der Waals surface area contributed by atoms with E-state index in [2.05, 4.69) is 27.6 Å². The minimum Gasteiger partial charge on any atom is -0.370 e. The molecule has 0 spiro atoms. The minimum atomic E-state index is -0.0152. The Morgan fingerprint density at radius 1 is 1.43 bits per heavy atom. The van der Waals surface area contributed by atoms with E-state index < -0.39 is 0 Å². The minimum absolute atomic E-state index is 0.0152. The van der Waals surface area contributed by atoms with Gasteiger partial charge in [0.25, 0.3) is 5.91 Å². The molecule has 0 saturated carbocycles. The quantitative estimate of drug-likeness (QED) is 0.871. The van der Waals surface area contributed by atoms with Crippen LogP contribution in [0.5, 0.6) is 0 Å². The summed E-state index contributed by atoms with van der Waals surface area (Å²) in [5, 5.41) is 6.22. The summed E-state index contributed by atoms with van der Waals surface area (Å²) < 4.78 is 0. The summed E-state index contributed by atoms with van der Waals surface area (Å²) in [6.45, 7) is 6.56. The van der Waals surface area contributed by atoms with Crippen LogP contribution in [0.4, 0.5) is 5.82 Å². The second-order valence-corrected chi connectivity index (χ2v) is 5.75. The second-order valence-electron chi connectivity index (χ2n) is 5.75. The first-order valence-electron chi connectivity index (χ1n) is 7.81. The Balaban J connectivity index is 1.96. The predicted molar refractivity (Wildman–Crippen MR) is 85.7 cm³/mol. The van der Waals surface area contributed by atoms with Crippen molar-refractivity contribution in [3.05, 3.63) is 23.4 Å². The molecule has 116 valence electrons. The number of anilines is 1. The van der Waals surface area contributed by atoms with Gasteiger partial charge in [-0.15, -0.1) is 0 Å². The topological polar surface area (TPSA) is 57.3 Å². The Morgan fingerprint density at radius 2 is 2.24 bits per heavy atom. The van der Waals surface area contributed by atoms with Crippen molar-refractivity contribution in [3.8, 4) is 0 Å². The number of piperidine rings is 1. The number of amides is 1. The molecule has 21 heavy (non-hydrogen) atoms. The SMILES string of the molecule is CCNc1cc(C(=O)NCC2CCCCN2C)cc(C)n1. The largest absolute Gasteiger partial charge is 0.370 e. The normalized spacial score (nSPS) is 19.3. The van der Waals surface area contributed by atoms with Crippen molar-refractivity contribution in [2.24, 2.45) is 0 Å². The maximum absolute atomic E-state index is 12.3. The van der Waals surface area contributed by atoms with Crippen LogP contribution < -0.4 is 10.6 Å². The van der Waals surface area contributed by atoms with Crippen LogP contribution >= 0.6 is 0 Å². The number of hydrogen-bond donors (Lipinski definition) is 2. The molecular weight excluding hydrogens is 264 g/mol. The molecule has 2 N–H and O–H groups in total. The van der Waals surface area contributed by atoms with Crippen LogP contribution in [-0.4, -0.2) is 48.5 Å². The molecule has 0 aromatic carbocycles. The van der Waals surface area contributed by atoms with Gasteiger partial charge in [0.1, 0.15) is 5.82 Å². The average molecular weight is 290 g/mol. The third-order valence-corrected chi connectivity index (χ3v) is 3.99. The molecule has 1 aliphatic heterocycles. The number of aryl methyl sites for hydroxylation is 1. The zero-order valence-corrected chi connectivity index (χ0v) is 13.3. The molecule has 1 unspecified atom stereocenters. The fourth-order valence-electron chi connectivity index (χ4n) is 2.79. The standard InChI is InChI=1S/C16H26N4O/c1-4-17-15-10-13(9-12(2)19-15)16(21)18-11-14-7-5-6-8-20(14)3/h9-10,14H,4-8,11H2,1-3H3,(H,17,19)(H,18,21). The highest BCUT2D eigenvalue weighted by atomic mass is 16.1. The van der Waals surface area contributed by atoms with Gasteiger partial charge in [-0.3, -0.25) is 4.79 Å². The molecule has 1 aromatic heterocycles. The molecule has 1 aromatic rings. The fourth-order valence-corrected chi connectivity index (χ4v) is 2.79. The van der Waals surface area contributed by atoms with Crippen LogP contribution in [0.1, 0.15) is 42.2 Å². The van der Waals surface area contributed by atoms with Crippen molar-refractivity contribution in [1.29, 1.82) is 0 Å². The van der Waals surface area contributed by atoms with Crippen LogP contribution in [0.15, 0.2) is 12.1 Å². The number of carbonyl (C=O) groups is 1. The van der Waals surface area contributed by atoms with Crippen LogP contribution in [-0.2, 0) is 0 Å². The molecule has 0 radical (unpaired) electrons. The van der Waals surface area contributed by atoms with Gasteiger partial charge in [-0.05, 0) is 52.4 Å². The van der Waals surface area contributed by atoms with E-state index in [1.54, 1.807) is 0 Å². The van der Waals surface area contributed by atoms with Crippen molar-refractivity contribution < 1.29 is 4.79 Å². The number of likely N-dealkylation sites (N-methyl/N-ethyl adjacent to an activating group) is 1. The van der Waals surface area contributed by atoms with Gasteiger partial charge in [-0.25, -0.2) is 4.98 Å². The summed E-state index contributed by atoms with van der Waals surface area (Å²) in [4.78, 5) is 19.0. The Kier molecular flexibility index (Phi) is 5.56. The lowest BCUT2D eigenvalue weighted by Crippen LogP contribution is -2.44. The maximum Gasteiger partial charge on any atom is 0.251 e. The van der Waals surface area contributed by atoms with E-state index in [1.807, 2.05) is 26.0 Å². The van der Waals surface area contributed by atoms with E-state index in [1.165, 1.54) is 12.8 Å². The first-order chi connectivity index (χ1) is 10.1. The van der Waals surface area contributed by atoms with Crippen LogP contribution in [0.2, 0.25) is 0 Å². The molecule has 1 saturated heterocycles. The van der Waals surface area contributed by atoms with Crippen LogP contribution in [0.3, 0.4) is 0 Å². The fraction of sp³-hybridized carbons (Fsp3) is 0.625. The van der Waals surface area contributed by atoms with Gasteiger partial charge in [-0.1, -0.05) is 6.42 Å². The van der Waals surface area contributed by atoms with Gasteiger partial charge in [-0.2, -0.15) is 0 Å². The molecular formula is C16H26N4O. The zero-order valence-electron chi connectivity index (χ0n) is 13.3.